The second-order valence-corrected chi connectivity index (χ2v) is 6.38. The molecular formula is C17H20FN3O3. The van der Waals surface area contributed by atoms with Crippen LogP contribution in [0.1, 0.15) is 24.8 Å². The van der Waals surface area contributed by atoms with Crippen LogP contribution in [0.4, 0.5) is 9.18 Å². The lowest BCUT2D eigenvalue weighted by atomic mass is 9.90. The minimum Gasteiger partial charge on any atom is -0.343 e. The molecule has 2 heterocycles. The Morgan fingerprint density at radius 3 is 2.62 bits per heavy atom. The number of halogens is 1. The molecule has 1 aromatic carbocycles. The minimum absolute atomic E-state index is 0.00780. The van der Waals surface area contributed by atoms with Gasteiger partial charge in [-0.25, -0.2) is 9.18 Å². The molecule has 2 aliphatic rings. The third-order valence-electron chi connectivity index (χ3n) is 4.62. The summed E-state index contributed by atoms with van der Waals surface area (Å²) in [6.45, 7) is 1.25. The molecule has 7 heteroatoms. The molecule has 1 unspecified atom stereocenters. The van der Waals surface area contributed by atoms with E-state index in [4.69, 9.17) is 0 Å². The molecule has 128 valence electrons. The summed E-state index contributed by atoms with van der Waals surface area (Å²) in [5.74, 6) is -0.377. The minimum atomic E-state index is -0.769. The van der Waals surface area contributed by atoms with Crippen LogP contribution in [0.25, 0.3) is 0 Å². The Bertz CT molecular complexity index is 656. The number of carbonyl (C=O) groups excluding carboxylic acids is 3. The van der Waals surface area contributed by atoms with Crippen molar-refractivity contribution in [3.8, 4) is 0 Å². The van der Waals surface area contributed by atoms with Gasteiger partial charge in [-0.1, -0.05) is 12.1 Å². The fourth-order valence-corrected chi connectivity index (χ4v) is 3.29. The lowest BCUT2D eigenvalue weighted by molar-refractivity contribution is -0.135. The van der Waals surface area contributed by atoms with Gasteiger partial charge in [0.25, 0.3) is 5.91 Å². The molecule has 0 aliphatic carbocycles. The molecule has 2 fully saturated rings. The van der Waals surface area contributed by atoms with Crippen LogP contribution in [0.2, 0.25) is 0 Å². The van der Waals surface area contributed by atoms with E-state index in [0.29, 0.717) is 19.0 Å². The smallest absolute Gasteiger partial charge is 0.322 e. The average Bonchev–Trinajstić information content (AvgIpc) is 2.85. The Morgan fingerprint density at radius 1 is 1.25 bits per heavy atom. The van der Waals surface area contributed by atoms with Crippen molar-refractivity contribution in [3.05, 3.63) is 35.6 Å². The molecule has 4 amide bonds. The summed E-state index contributed by atoms with van der Waals surface area (Å²) in [4.78, 5) is 36.6. The van der Waals surface area contributed by atoms with Gasteiger partial charge >= 0.3 is 6.03 Å². The first kappa shape index (κ1) is 16.4. The Hall–Kier alpha value is -2.44. The number of nitrogens with zero attached hydrogens (tertiary/aromatic N) is 1. The van der Waals surface area contributed by atoms with Crippen molar-refractivity contribution in [2.24, 2.45) is 5.92 Å². The van der Waals surface area contributed by atoms with Crippen LogP contribution >= 0.6 is 0 Å². The number of benzene rings is 1. The number of urea groups is 1. The fourth-order valence-electron chi connectivity index (χ4n) is 3.29. The van der Waals surface area contributed by atoms with Gasteiger partial charge in [0.15, 0.2) is 0 Å². The highest BCUT2D eigenvalue weighted by Crippen LogP contribution is 2.22. The first-order valence-electron chi connectivity index (χ1n) is 8.15. The Kier molecular flexibility index (Phi) is 4.78. The van der Waals surface area contributed by atoms with E-state index in [1.54, 1.807) is 17.0 Å². The van der Waals surface area contributed by atoms with Crippen molar-refractivity contribution in [2.75, 3.05) is 13.1 Å². The van der Waals surface area contributed by atoms with Gasteiger partial charge in [-0.15, -0.1) is 0 Å². The summed E-state index contributed by atoms with van der Waals surface area (Å²) in [7, 11) is 0. The van der Waals surface area contributed by atoms with Crippen LogP contribution in [-0.4, -0.2) is 41.9 Å². The summed E-state index contributed by atoms with van der Waals surface area (Å²) in [6.07, 6.45) is 2.50. The third-order valence-corrected chi connectivity index (χ3v) is 4.62. The second kappa shape index (κ2) is 6.98. The van der Waals surface area contributed by atoms with E-state index in [-0.39, 0.29) is 18.1 Å². The second-order valence-electron chi connectivity index (χ2n) is 6.38. The molecule has 0 aromatic heterocycles. The fraction of sp³-hybridized carbons (Fsp3) is 0.471. The molecule has 0 spiro atoms. The van der Waals surface area contributed by atoms with Gasteiger partial charge in [-0.05, 0) is 42.9 Å². The number of nitrogens with one attached hydrogen (secondary N) is 2. The third kappa shape index (κ3) is 3.90. The number of carbonyl (C=O) groups is 3. The lowest BCUT2D eigenvalue weighted by Crippen LogP contribution is -2.42. The summed E-state index contributed by atoms with van der Waals surface area (Å²) in [6, 6.07) is 5.30. The van der Waals surface area contributed by atoms with Crippen LogP contribution in [0.15, 0.2) is 24.3 Å². The maximum Gasteiger partial charge on any atom is 0.322 e. The monoisotopic (exact) mass is 333 g/mol. The average molecular weight is 333 g/mol. The molecule has 6 nitrogen and oxygen atoms in total. The molecule has 2 N–H and O–H groups in total. The Balaban J connectivity index is 1.47. The van der Waals surface area contributed by atoms with Crippen molar-refractivity contribution in [1.82, 2.24) is 15.5 Å². The van der Waals surface area contributed by atoms with Crippen LogP contribution in [0, 0.1) is 11.7 Å². The zero-order chi connectivity index (χ0) is 17.1. The van der Waals surface area contributed by atoms with Crippen molar-refractivity contribution in [1.29, 1.82) is 0 Å². The SMILES string of the molecule is O=C1NC(=O)C(CC(=O)N2CCC(Cc3cccc(F)c3)CC2)N1. The number of amides is 4. The lowest BCUT2D eigenvalue weighted by Gasteiger charge is -2.32. The van der Waals surface area contributed by atoms with Gasteiger partial charge in [-0.3, -0.25) is 14.9 Å². The number of imide groups is 1. The van der Waals surface area contributed by atoms with Gasteiger partial charge < -0.3 is 10.2 Å². The molecule has 1 atom stereocenters. The van der Waals surface area contributed by atoms with Crippen molar-refractivity contribution in [3.63, 3.8) is 0 Å². The maximum atomic E-state index is 13.2. The van der Waals surface area contributed by atoms with Crippen molar-refractivity contribution in [2.45, 2.75) is 31.7 Å². The quantitative estimate of drug-likeness (QED) is 0.813. The topological polar surface area (TPSA) is 78.5 Å². The predicted octanol–water partition coefficient (Wildman–Crippen LogP) is 1.20. The Morgan fingerprint density at radius 2 is 2.00 bits per heavy atom. The first-order chi connectivity index (χ1) is 11.5. The van der Waals surface area contributed by atoms with Gasteiger partial charge in [0.05, 0.1) is 6.42 Å². The van der Waals surface area contributed by atoms with E-state index in [0.717, 1.165) is 24.8 Å². The highest BCUT2D eigenvalue weighted by molar-refractivity contribution is 6.05. The van der Waals surface area contributed by atoms with E-state index in [1.807, 2.05) is 6.07 Å². The van der Waals surface area contributed by atoms with Gasteiger partial charge in [0.2, 0.25) is 5.91 Å². The van der Waals surface area contributed by atoms with E-state index in [2.05, 4.69) is 10.6 Å². The van der Waals surface area contributed by atoms with Gasteiger partial charge in [-0.2, -0.15) is 0 Å². The molecule has 0 bridgehead atoms. The summed E-state index contributed by atoms with van der Waals surface area (Å²) in [5, 5.41) is 4.56. The number of rotatable bonds is 4. The zero-order valence-corrected chi connectivity index (χ0v) is 13.3. The molecular weight excluding hydrogens is 313 g/mol. The Labute approximate surface area is 139 Å². The van der Waals surface area contributed by atoms with Crippen molar-refractivity contribution >= 4 is 17.8 Å². The van der Waals surface area contributed by atoms with E-state index in [9.17, 15) is 18.8 Å². The maximum absolute atomic E-state index is 13.2. The zero-order valence-electron chi connectivity index (χ0n) is 13.3. The first-order valence-corrected chi connectivity index (χ1v) is 8.15. The number of hydrogen-bond donors (Lipinski definition) is 2. The van der Waals surface area contributed by atoms with Gasteiger partial charge in [0, 0.05) is 13.1 Å². The summed E-state index contributed by atoms with van der Waals surface area (Å²) >= 11 is 0. The summed E-state index contributed by atoms with van der Waals surface area (Å²) < 4.78 is 13.2. The number of piperidine rings is 1. The molecule has 1 aromatic rings. The van der Waals surface area contributed by atoms with Crippen LogP contribution in [0.5, 0.6) is 0 Å². The molecule has 0 radical (unpaired) electrons. The highest BCUT2D eigenvalue weighted by Gasteiger charge is 2.33. The van der Waals surface area contributed by atoms with Crippen LogP contribution in [-0.2, 0) is 16.0 Å². The molecule has 2 aliphatic heterocycles. The molecule has 3 rings (SSSR count). The van der Waals surface area contributed by atoms with Crippen LogP contribution in [0.3, 0.4) is 0 Å². The number of likely N-dealkylation sites (tertiary alicyclic amines) is 1. The van der Waals surface area contributed by atoms with E-state index < -0.39 is 18.0 Å². The normalized spacial score (nSPS) is 21.5. The van der Waals surface area contributed by atoms with Gasteiger partial charge in [0.1, 0.15) is 11.9 Å². The number of hydrogen-bond acceptors (Lipinski definition) is 3. The van der Waals surface area contributed by atoms with E-state index in [1.165, 1.54) is 6.07 Å². The van der Waals surface area contributed by atoms with Crippen molar-refractivity contribution < 1.29 is 18.8 Å². The standard InChI is InChI=1S/C17H20FN3O3/c18-13-3-1-2-12(9-13)8-11-4-6-21(7-5-11)15(22)10-14-16(23)20-17(24)19-14/h1-3,9,11,14H,4-8,10H2,(H2,19,20,23,24). The molecule has 0 saturated carbocycles. The summed E-state index contributed by atoms with van der Waals surface area (Å²) in [5.41, 5.74) is 0.977. The highest BCUT2D eigenvalue weighted by atomic mass is 19.1. The molecule has 24 heavy (non-hydrogen) atoms. The predicted molar refractivity (Wildman–Crippen MR) is 84.5 cm³/mol. The van der Waals surface area contributed by atoms with Crippen LogP contribution < -0.4 is 10.6 Å². The van der Waals surface area contributed by atoms with E-state index >= 15 is 0 Å². The largest absolute Gasteiger partial charge is 0.343 e. The molecule has 2 saturated heterocycles.